The molecule has 5 rings (SSSR count). The molecule has 3 N–H and O–H groups in total. The van der Waals surface area contributed by atoms with Crippen molar-refractivity contribution in [3.63, 3.8) is 0 Å². The SMILES string of the molecule is Cc1ccc(NC(=O)c2ccc3nc(NC(=O)Nc4ccccc4C(=O)c4ccccc4)sc3c2)c(C)c1. The van der Waals surface area contributed by atoms with Gasteiger partial charge in [0.15, 0.2) is 10.9 Å². The van der Waals surface area contributed by atoms with Crippen LogP contribution in [0.15, 0.2) is 91.0 Å². The summed E-state index contributed by atoms with van der Waals surface area (Å²) < 4.78 is 0.758. The molecular weight excluding hydrogens is 496 g/mol. The lowest BCUT2D eigenvalue weighted by Gasteiger charge is -2.10. The van der Waals surface area contributed by atoms with E-state index in [4.69, 9.17) is 0 Å². The zero-order chi connectivity index (χ0) is 26.6. The van der Waals surface area contributed by atoms with Gasteiger partial charge in [0.25, 0.3) is 5.91 Å². The molecule has 0 aliphatic carbocycles. The molecule has 0 aliphatic heterocycles. The average Bonchev–Trinajstić information content (AvgIpc) is 3.32. The highest BCUT2D eigenvalue weighted by atomic mass is 32.1. The second kappa shape index (κ2) is 10.7. The van der Waals surface area contributed by atoms with E-state index in [-0.39, 0.29) is 11.7 Å². The normalized spacial score (nSPS) is 10.7. The van der Waals surface area contributed by atoms with Crippen LogP contribution in [0, 0.1) is 13.8 Å². The summed E-state index contributed by atoms with van der Waals surface area (Å²) >= 11 is 1.26. The standard InChI is InChI=1S/C30H24N4O3S/c1-18-12-14-23(19(2)16-18)31-28(36)21-13-15-25-26(17-21)38-30(33-25)34-29(37)32-24-11-7-6-10-22(24)27(35)20-8-4-3-5-9-20/h3-17H,1-2H3,(H,31,36)(H2,32,33,34,37). The van der Waals surface area contributed by atoms with Crippen molar-refractivity contribution in [2.75, 3.05) is 16.0 Å². The molecule has 3 amide bonds. The molecule has 38 heavy (non-hydrogen) atoms. The van der Waals surface area contributed by atoms with Crippen LogP contribution in [0.3, 0.4) is 0 Å². The van der Waals surface area contributed by atoms with Crippen molar-refractivity contribution in [3.05, 3.63) is 119 Å². The molecule has 5 aromatic rings. The van der Waals surface area contributed by atoms with Crippen molar-refractivity contribution in [2.24, 2.45) is 0 Å². The Morgan fingerprint density at radius 2 is 1.47 bits per heavy atom. The van der Waals surface area contributed by atoms with E-state index in [1.54, 1.807) is 66.7 Å². The number of hydrogen-bond acceptors (Lipinski definition) is 5. The lowest BCUT2D eigenvalue weighted by atomic mass is 10.0. The van der Waals surface area contributed by atoms with Crippen molar-refractivity contribution in [1.82, 2.24) is 4.98 Å². The third kappa shape index (κ3) is 5.45. The quantitative estimate of drug-likeness (QED) is 0.209. The highest BCUT2D eigenvalue weighted by molar-refractivity contribution is 7.22. The van der Waals surface area contributed by atoms with E-state index in [0.29, 0.717) is 33.0 Å². The zero-order valence-corrected chi connectivity index (χ0v) is 21.6. The van der Waals surface area contributed by atoms with Gasteiger partial charge in [-0.3, -0.25) is 14.9 Å². The van der Waals surface area contributed by atoms with E-state index < -0.39 is 6.03 Å². The molecule has 0 bridgehead atoms. The van der Waals surface area contributed by atoms with Gasteiger partial charge in [-0.15, -0.1) is 0 Å². The van der Waals surface area contributed by atoms with E-state index in [1.165, 1.54) is 11.3 Å². The van der Waals surface area contributed by atoms with E-state index in [1.807, 2.05) is 38.1 Å². The van der Waals surface area contributed by atoms with E-state index in [2.05, 4.69) is 20.9 Å². The number of benzene rings is 4. The van der Waals surface area contributed by atoms with Crippen LogP contribution < -0.4 is 16.0 Å². The van der Waals surface area contributed by atoms with Gasteiger partial charge >= 0.3 is 6.03 Å². The Morgan fingerprint density at radius 1 is 0.711 bits per heavy atom. The Bertz CT molecular complexity index is 1680. The number of anilines is 3. The van der Waals surface area contributed by atoms with Crippen molar-refractivity contribution < 1.29 is 14.4 Å². The van der Waals surface area contributed by atoms with Crippen LogP contribution in [-0.4, -0.2) is 22.7 Å². The Balaban J connectivity index is 1.29. The van der Waals surface area contributed by atoms with Gasteiger partial charge in [0.1, 0.15) is 0 Å². The average molecular weight is 521 g/mol. The van der Waals surface area contributed by atoms with E-state index in [9.17, 15) is 14.4 Å². The fraction of sp³-hybridized carbons (Fsp3) is 0.0667. The summed E-state index contributed by atoms with van der Waals surface area (Å²) in [5.74, 6) is -0.410. The maximum Gasteiger partial charge on any atom is 0.325 e. The topological polar surface area (TPSA) is 100 Å². The lowest BCUT2D eigenvalue weighted by molar-refractivity contribution is 0.102. The molecular formula is C30H24N4O3S. The molecule has 7 nitrogen and oxygen atoms in total. The summed E-state index contributed by atoms with van der Waals surface area (Å²) in [6, 6.07) is 26.3. The van der Waals surface area contributed by atoms with Gasteiger partial charge < -0.3 is 10.6 Å². The Kier molecular flexibility index (Phi) is 6.97. The molecule has 0 unspecified atom stereocenters. The minimum Gasteiger partial charge on any atom is -0.322 e. The van der Waals surface area contributed by atoms with Gasteiger partial charge in [-0.05, 0) is 55.8 Å². The molecule has 0 saturated heterocycles. The Hall–Kier alpha value is -4.82. The number of para-hydroxylation sites is 1. The molecule has 0 atom stereocenters. The number of aryl methyl sites for hydroxylation is 2. The fourth-order valence-electron chi connectivity index (χ4n) is 4.05. The summed E-state index contributed by atoms with van der Waals surface area (Å²) in [5, 5.41) is 8.80. The van der Waals surface area contributed by atoms with Gasteiger partial charge in [-0.2, -0.15) is 0 Å². The number of ketones is 1. The summed E-state index contributed by atoms with van der Waals surface area (Å²) in [5.41, 5.74) is 5.34. The molecule has 0 fully saturated rings. The Labute approximate surface area is 223 Å². The highest BCUT2D eigenvalue weighted by Crippen LogP contribution is 2.28. The third-order valence-electron chi connectivity index (χ3n) is 5.96. The summed E-state index contributed by atoms with van der Waals surface area (Å²) in [7, 11) is 0. The molecule has 0 radical (unpaired) electrons. The van der Waals surface area contributed by atoms with Crippen LogP contribution >= 0.6 is 11.3 Å². The van der Waals surface area contributed by atoms with Gasteiger partial charge in [-0.1, -0.05) is 71.5 Å². The van der Waals surface area contributed by atoms with E-state index >= 15 is 0 Å². The number of hydrogen-bond donors (Lipinski definition) is 3. The van der Waals surface area contributed by atoms with Crippen LogP contribution in [0.2, 0.25) is 0 Å². The highest BCUT2D eigenvalue weighted by Gasteiger charge is 2.16. The van der Waals surface area contributed by atoms with Crippen molar-refractivity contribution in [3.8, 4) is 0 Å². The molecule has 0 saturated carbocycles. The monoisotopic (exact) mass is 520 g/mol. The minimum absolute atomic E-state index is 0.187. The second-order valence-corrected chi connectivity index (χ2v) is 9.82. The van der Waals surface area contributed by atoms with Gasteiger partial charge in [0, 0.05) is 22.4 Å². The number of nitrogens with zero attached hydrogens (tertiary/aromatic N) is 1. The van der Waals surface area contributed by atoms with Gasteiger partial charge in [-0.25, -0.2) is 9.78 Å². The molecule has 1 aromatic heterocycles. The minimum atomic E-state index is -0.523. The molecule has 0 aliphatic rings. The number of rotatable bonds is 6. The number of thiazole rings is 1. The third-order valence-corrected chi connectivity index (χ3v) is 6.89. The number of urea groups is 1. The number of nitrogens with one attached hydrogen (secondary N) is 3. The van der Waals surface area contributed by atoms with Crippen molar-refractivity contribution >= 4 is 55.8 Å². The van der Waals surface area contributed by atoms with Gasteiger partial charge in [0.05, 0.1) is 15.9 Å². The predicted molar refractivity (Wildman–Crippen MR) is 152 cm³/mol. The lowest BCUT2D eigenvalue weighted by Crippen LogP contribution is -2.21. The summed E-state index contributed by atoms with van der Waals surface area (Å²) in [6.07, 6.45) is 0. The number of amides is 3. The first-order valence-electron chi connectivity index (χ1n) is 11.9. The van der Waals surface area contributed by atoms with Gasteiger partial charge in [0.2, 0.25) is 0 Å². The number of carbonyl (C=O) groups excluding carboxylic acids is 3. The molecule has 0 spiro atoms. The van der Waals surface area contributed by atoms with Crippen LogP contribution in [0.25, 0.3) is 10.2 Å². The predicted octanol–water partition coefficient (Wildman–Crippen LogP) is 7.04. The number of fused-ring (bicyclic) bond motifs is 1. The first-order chi connectivity index (χ1) is 18.4. The largest absolute Gasteiger partial charge is 0.325 e. The zero-order valence-electron chi connectivity index (χ0n) is 20.7. The number of aromatic nitrogens is 1. The molecule has 1 heterocycles. The van der Waals surface area contributed by atoms with Crippen LogP contribution in [0.4, 0.5) is 21.3 Å². The van der Waals surface area contributed by atoms with Crippen molar-refractivity contribution in [1.29, 1.82) is 0 Å². The molecule has 188 valence electrons. The molecule has 4 aromatic carbocycles. The van der Waals surface area contributed by atoms with Crippen molar-refractivity contribution in [2.45, 2.75) is 13.8 Å². The number of carbonyl (C=O) groups is 3. The first-order valence-corrected chi connectivity index (χ1v) is 12.7. The molecule has 8 heteroatoms. The maximum absolute atomic E-state index is 12.9. The van der Waals surface area contributed by atoms with Crippen LogP contribution in [0.5, 0.6) is 0 Å². The van der Waals surface area contributed by atoms with Crippen LogP contribution in [-0.2, 0) is 0 Å². The van der Waals surface area contributed by atoms with Crippen LogP contribution in [0.1, 0.15) is 37.4 Å². The fourth-order valence-corrected chi connectivity index (χ4v) is 4.95. The summed E-state index contributed by atoms with van der Waals surface area (Å²) in [4.78, 5) is 43.0. The smallest absolute Gasteiger partial charge is 0.322 e. The first kappa shape index (κ1) is 24.9. The Morgan fingerprint density at radius 3 is 2.26 bits per heavy atom. The van der Waals surface area contributed by atoms with E-state index in [0.717, 1.165) is 21.5 Å². The maximum atomic E-state index is 12.9. The summed E-state index contributed by atoms with van der Waals surface area (Å²) in [6.45, 7) is 3.96. The second-order valence-electron chi connectivity index (χ2n) is 8.79.